The largest absolute Gasteiger partial charge is 0.370 e. The molecular formula is C16H27N3. The highest BCUT2D eigenvalue weighted by Crippen LogP contribution is 2.23. The van der Waals surface area contributed by atoms with Gasteiger partial charge in [0, 0.05) is 19.6 Å². The lowest BCUT2D eigenvalue weighted by Crippen LogP contribution is -2.38. The van der Waals surface area contributed by atoms with Gasteiger partial charge in [-0.2, -0.15) is 0 Å². The van der Waals surface area contributed by atoms with Gasteiger partial charge in [0.1, 0.15) is 5.82 Å². The van der Waals surface area contributed by atoms with Gasteiger partial charge in [-0.3, -0.25) is 4.90 Å². The van der Waals surface area contributed by atoms with E-state index in [9.17, 15) is 0 Å². The van der Waals surface area contributed by atoms with E-state index in [1.54, 1.807) is 0 Å². The summed E-state index contributed by atoms with van der Waals surface area (Å²) in [5.74, 6) is 2.68. The Morgan fingerprint density at radius 1 is 1.32 bits per heavy atom. The number of nitrogens with one attached hydrogen (secondary N) is 1. The highest BCUT2D eigenvalue weighted by atomic mass is 15.1. The van der Waals surface area contributed by atoms with Crippen LogP contribution in [0.2, 0.25) is 0 Å². The zero-order valence-corrected chi connectivity index (χ0v) is 12.5. The van der Waals surface area contributed by atoms with Gasteiger partial charge in [0.2, 0.25) is 0 Å². The van der Waals surface area contributed by atoms with Crippen molar-refractivity contribution in [3.05, 3.63) is 23.9 Å². The molecule has 0 bridgehead atoms. The molecule has 2 unspecified atom stereocenters. The molecule has 1 aliphatic rings. The van der Waals surface area contributed by atoms with Crippen molar-refractivity contribution >= 4 is 5.82 Å². The molecule has 0 amide bonds. The number of anilines is 1. The fourth-order valence-corrected chi connectivity index (χ4v) is 2.64. The minimum Gasteiger partial charge on any atom is -0.370 e. The number of likely N-dealkylation sites (tertiary alicyclic amines) is 1. The molecule has 106 valence electrons. The predicted octanol–water partition coefficient (Wildman–Crippen LogP) is 3.38. The molecule has 19 heavy (non-hydrogen) atoms. The smallest absolute Gasteiger partial charge is 0.126 e. The molecule has 0 spiro atoms. The second-order valence-corrected chi connectivity index (χ2v) is 5.92. The first-order valence-corrected chi connectivity index (χ1v) is 7.61. The van der Waals surface area contributed by atoms with Crippen LogP contribution >= 0.6 is 0 Å². The van der Waals surface area contributed by atoms with Crippen molar-refractivity contribution in [1.29, 1.82) is 0 Å². The van der Waals surface area contributed by atoms with Crippen LogP contribution in [0.3, 0.4) is 0 Å². The third-order valence-electron chi connectivity index (χ3n) is 4.17. The van der Waals surface area contributed by atoms with Gasteiger partial charge in [-0.05, 0) is 43.4 Å². The number of hydrogen-bond donors (Lipinski definition) is 1. The predicted molar refractivity (Wildman–Crippen MR) is 81.2 cm³/mol. The van der Waals surface area contributed by atoms with Crippen LogP contribution in [0.1, 0.15) is 39.3 Å². The number of piperidine rings is 1. The van der Waals surface area contributed by atoms with Gasteiger partial charge < -0.3 is 5.32 Å². The third-order valence-corrected chi connectivity index (χ3v) is 4.17. The molecule has 1 aliphatic heterocycles. The molecule has 1 fully saturated rings. The third kappa shape index (κ3) is 4.20. The van der Waals surface area contributed by atoms with Crippen LogP contribution in [0, 0.1) is 11.8 Å². The van der Waals surface area contributed by atoms with Crippen molar-refractivity contribution < 1.29 is 0 Å². The Kier molecular flexibility index (Phi) is 5.20. The Morgan fingerprint density at radius 3 is 2.89 bits per heavy atom. The topological polar surface area (TPSA) is 28.2 Å². The molecule has 3 heteroatoms. The van der Waals surface area contributed by atoms with E-state index in [1.165, 1.54) is 25.2 Å². The lowest BCUT2D eigenvalue weighted by Gasteiger charge is -2.35. The molecule has 1 aromatic heterocycles. The van der Waals surface area contributed by atoms with Gasteiger partial charge in [0.15, 0.2) is 0 Å². The molecule has 0 aliphatic carbocycles. The number of rotatable bonds is 5. The van der Waals surface area contributed by atoms with E-state index in [0.717, 1.165) is 37.2 Å². The van der Waals surface area contributed by atoms with Crippen molar-refractivity contribution in [3.63, 3.8) is 0 Å². The second-order valence-electron chi connectivity index (χ2n) is 5.92. The van der Waals surface area contributed by atoms with Crippen LogP contribution in [0.5, 0.6) is 0 Å². The summed E-state index contributed by atoms with van der Waals surface area (Å²) in [6.45, 7) is 11.3. The van der Waals surface area contributed by atoms with E-state index in [0.29, 0.717) is 0 Å². The summed E-state index contributed by atoms with van der Waals surface area (Å²) < 4.78 is 0. The minimum atomic E-state index is 0.801. The van der Waals surface area contributed by atoms with Crippen LogP contribution in [-0.2, 0) is 6.54 Å². The first kappa shape index (κ1) is 14.3. The standard InChI is InChI=1S/C16H27N3/c1-4-9-17-16-7-5-6-15(18-16)12-19-10-8-13(2)14(3)11-19/h5-7,13-14H,4,8-12H2,1-3H3,(H,17,18). The molecule has 0 saturated carbocycles. The summed E-state index contributed by atoms with van der Waals surface area (Å²) in [6, 6.07) is 6.30. The quantitative estimate of drug-likeness (QED) is 0.880. The van der Waals surface area contributed by atoms with E-state index in [2.05, 4.69) is 49.2 Å². The van der Waals surface area contributed by atoms with Gasteiger partial charge in [-0.25, -0.2) is 4.98 Å². The van der Waals surface area contributed by atoms with Gasteiger partial charge in [-0.1, -0.05) is 26.8 Å². The number of nitrogens with zero attached hydrogens (tertiary/aromatic N) is 2. The highest BCUT2D eigenvalue weighted by molar-refractivity contribution is 5.35. The summed E-state index contributed by atoms with van der Waals surface area (Å²) >= 11 is 0. The lowest BCUT2D eigenvalue weighted by atomic mass is 9.89. The van der Waals surface area contributed by atoms with Crippen LogP contribution in [0.4, 0.5) is 5.82 Å². The Morgan fingerprint density at radius 2 is 2.16 bits per heavy atom. The zero-order valence-electron chi connectivity index (χ0n) is 12.5. The first-order valence-electron chi connectivity index (χ1n) is 7.61. The van der Waals surface area contributed by atoms with Gasteiger partial charge in [0.05, 0.1) is 5.69 Å². The van der Waals surface area contributed by atoms with Crippen LogP contribution in [0.25, 0.3) is 0 Å². The van der Waals surface area contributed by atoms with E-state index < -0.39 is 0 Å². The van der Waals surface area contributed by atoms with Gasteiger partial charge in [-0.15, -0.1) is 0 Å². The number of pyridine rings is 1. The molecule has 2 heterocycles. The second kappa shape index (κ2) is 6.90. The highest BCUT2D eigenvalue weighted by Gasteiger charge is 2.22. The lowest BCUT2D eigenvalue weighted by molar-refractivity contribution is 0.131. The molecule has 0 aromatic carbocycles. The van der Waals surface area contributed by atoms with Crippen molar-refractivity contribution in [3.8, 4) is 0 Å². The van der Waals surface area contributed by atoms with Crippen LogP contribution in [0.15, 0.2) is 18.2 Å². The van der Waals surface area contributed by atoms with Crippen molar-refractivity contribution in [2.75, 3.05) is 25.0 Å². The Bertz CT molecular complexity index is 391. The summed E-state index contributed by atoms with van der Waals surface area (Å²) in [5, 5.41) is 3.36. The van der Waals surface area contributed by atoms with E-state index in [1.807, 2.05) is 0 Å². The maximum absolute atomic E-state index is 4.70. The van der Waals surface area contributed by atoms with E-state index in [4.69, 9.17) is 4.98 Å². The maximum Gasteiger partial charge on any atom is 0.126 e. The molecule has 1 N–H and O–H groups in total. The fourth-order valence-electron chi connectivity index (χ4n) is 2.64. The molecular weight excluding hydrogens is 234 g/mol. The van der Waals surface area contributed by atoms with Crippen LogP contribution < -0.4 is 5.32 Å². The minimum absolute atomic E-state index is 0.801. The summed E-state index contributed by atoms with van der Waals surface area (Å²) in [5.41, 5.74) is 1.18. The van der Waals surface area contributed by atoms with E-state index >= 15 is 0 Å². The van der Waals surface area contributed by atoms with Gasteiger partial charge in [0.25, 0.3) is 0 Å². The fraction of sp³-hybridized carbons (Fsp3) is 0.688. The molecule has 1 saturated heterocycles. The summed E-state index contributed by atoms with van der Waals surface area (Å²) in [4.78, 5) is 7.23. The van der Waals surface area contributed by atoms with E-state index in [-0.39, 0.29) is 0 Å². The average Bonchev–Trinajstić information content (AvgIpc) is 2.41. The maximum atomic E-state index is 4.70. The normalized spacial score (nSPS) is 24.4. The van der Waals surface area contributed by atoms with Crippen molar-refractivity contribution in [1.82, 2.24) is 9.88 Å². The molecule has 0 radical (unpaired) electrons. The zero-order chi connectivity index (χ0) is 13.7. The summed E-state index contributed by atoms with van der Waals surface area (Å²) in [7, 11) is 0. The Balaban J connectivity index is 1.91. The Hall–Kier alpha value is -1.09. The monoisotopic (exact) mass is 261 g/mol. The molecule has 2 atom stereocenters. The van der Waals surface area contributed by atoms with Gasteiger partial charge >= 0.3 is 0 Å². The molecule has 3 nitrogen and oxygen atoms in total. The van der Waals surface area contributed by atoms with Crippen molar-refractivity contribution in [2.24, 2.45) is 11.8 Å². The van der Waals surface area contributed by atoms with Crippen LogP contribution in [-0.4, -0.2) is 29.5 Å². The number of hydrogen-bond acceptors (Lipinski definition) is 3. The Labute approximate surface area is 117 Å². The average molecular weight is 261 g/mol. The SMILES string of the molecule is CCCNc1cccc(CN2CCC(C)C(C)C2)n1. The number of aromatic nitrogens is 1. The molecule has 2 rings (SSSR count). The van der Waals surface area contributed by atoms with Crippen molar-refractivity contribution in [2.45, 2.75) is 40.2 Å². The summed E-state index contributed by atoms with van der Waals surface area (Å²) in [6.07, 6.45) is 2.45. The molecule has 1 aromatic rings. The first-order chi connectivity index (χ1) is 9.19.